The Kier molecular flexibility index (Phi) is 12.8. The highest BCUT2D eigenvalue weighted by atomic mass is 16.7. The molecule has 4 rings (SSSR count). The number of epoxide rings is 1. The molecule has 0 aromatic carbocycles. The van der Waals surface area contributed by atoms with Gasteiger partial charge in [0.2, 0.25) is 0 Å². The van der Waals surface area contributed by atoms with Gasteiger partial charge in [-0.15, -0.1) is 0 Å². The first kappa shape index (κ1) is 34.5. The Balaban J connectivity index is 1.59. The van der Waals surface area contributed by atoms with E-state index in [-0.39, 0.29) is 30.7 Å². The summed E-state index contributed by atoms with van der Waals surface area (Å²) < 4.78 is 44.7. The van der Waals surface area contributed by atoms with Gasteiger partial charge in [0.1, 0.15) is 18.3 Å². The number of carbonyl (C=O) groups excluding carboxylic acids is 3. The van der Waals surface area contributed by atoms with Gasteiger partial charge in [0.05, 0.1) is 45.2 Å². The van der Waals surface area contributed by atoms with Crippen molar-refractivity contribution in [2.45, 2.75) is 108 Å². The molecule has 0 unspecified atom stereocenters. The standard InChI is InChI=1S/C34H46O11/c1-21-14-15-40-25(17-21)12-13-27(44-33(36)38-4)28-20-30-32(43-30)29(45-34(37)39-5)19-23(3)16-22(2)18-26-10-6-8-24(41-26)9-7-11-31(35)42-28/h6-8,11-14,22,24-30,32H,3,9-10,15-20H2,1-2,4-5H3/b11-7-,13-12+/t22-,24-,25+,26-,27-,28-,29-,30+,32-/m0/s1. The van der Waals surface area contributed by atoms with Crippen molar-refractivity contribution in [1.29, 1.82) is 0 Å². The van der Waals surface area contributed by atoms with Crippen LogP contribution < -0.4 is 0 Å². The maximum Gasteiger partial charge on any atom is 0.508 e. The molecule has 2 bridgehead atoms. The summed E-state index contributed by atoms with van der Waals surface area (Å²) in [5.41, 5.74) is 2.09. The Bertz CT molecular complexity index is 1170. The summed E-state index contributed by atoms with van der Waals surface area (Å²) in [5.74, 6) is -0.327. The Morgan fingerprint density at radius 1 is 1.04 bits per heavy atom. The lowest BCUT2D eigenvalue weighted by molar-refractivity contribution is -0.148. The number of carbonyl (C=O) groups is 3. The second-order valence-corrected chi connectivity index (χ2v) is 12.1. The molecule has 0 spiro atoms. The van der Waals surface area contributed by atoms with E-state index in [1.165, 1.54) is 25.9 Å². The molecule has 0 aromatic rings. The van der Waals surface area contributed by atoms with Gasteiger partial charge in [-0.05, 0) is 51.0 Å². The van der Waals surface area contributed by atoms with Gasteiger partial charge in [0.25, 0.3) is 0 Å². The molecule has 1 fully saturated rings. The molecule has 0 aliphatic carbocycles. The number of rotatable bonds is 5. The molecule has 1 saturated heterocycles. The van der Waals surface area contributed by atoms with Crippen molar-refractivity contribution < 1.29 is 52.3 Å². The fourth-order valence-electron chi connectivity index (χ4n) is 5.97. The molecule has 0 saturated carbocycles. The van der Waals surface area contributed by atoms with Crippen LogP contribution >= 0.6 is 0 Å². The van der Waals surface area contributed by atoms with E-state index in [1.807, 2.05) is 19.1 Å². The van der Waals surface area contributed by atoms with Crippen LogP contribution in [0.3, 0.4) is 0 Å². The minimum absolute atomic E-state index is 0.0418. The van der Waals surface area contributed by atoms with Crippen LogP contribution in [0.5, 0.6) is 0 Å². The van der Waals surface area contributed by atoms with Gasteiger partial charge in [0.15, 0.2) is 6.10 Å². The van der Waals surface area contributed by atoms with E-state index in [0.29, 0.717) is 25.9 Å². The Morgan fingerprint density at radius 2 is 1.84 bits per heavy atom. The molecule has 0 radical (unpaired) electrons. The van der Waals surface area contributed by atoms with E-state index < -0.39 is 48.8 Å². The molecule has 0 N–H and O–H groups in total. The highest BCUT2D eigenvalue weighted by molar-refractivity contribution is 5.82. The smallest absolute Gasteiger partial charge is 0.455 e. The zero-order chi connectivity index (χ0) is 32.3. The van der Waals surface area contributed by atoms with Crippen molar-refractivity contribution in [1.82, 2.24) is 0 Å². The van der Waals surface area contributed by atoms with Crippen molar-refractivity contribution in [3.8, 4) is 0 Å². The summed E-state index contributed by atoms with van der Waals surface area (Å²) >= 11 is 0. The number of esters is 1. The normalized spacial score (nSPS) is 34.2. The molecular formula is C34H46O11. The summed E-state index contributed by atoms with van der Waals surface area (Å²) in [6.45, 7) is 8.90. The first-order chi connectivity index (χ1) is 21.6. The Hall–Kier alpha value is -3.41. The van der Waals surface area contributed by atoms with Crippen LogP contribution in [0.15, 0.2) is 60.3 Å². The first-order valence-electron chi connectivity index (χ1n) is 15.6. The van der Waals surface area contributed by atoms with Gasteiger partial charge in [-0.2, -0.15) is 0 Å². The van der Waals surface area contributed by atoms with Crippen molar-refractivity contribution in [3.05, 3.63) is 60.3 Å². The van der Waals surface area contributed by atoms with E-state index in [4.69, 9.17) is 37.9 Å². The summed E-state index contributed by atoms with van der Waals surface area (Å²) in [6, 6.07) is 0. The first-order valence-corrected chi connectivity index (χ1v) is 15.6. The van der Waals surface area contributed by atoms with Crippen LogP contribution in [-0.2, 0) is 42.7 Å². The third kappa shape index (κ3) is 11.2. The minimum Gasteiger partial charge on any atom is -0.455 e. The van der Waals surface area contributed by atoms with Gasteiger partial charge in [-0.25, -0.2) is 14.4 Å². The molecule has 9 atom stereocenters. The summed E-state index contributed by atoms with van der Waals surface area (Å²) in [7, 11) is 2.45. The Morgan fingerprint density at radius 3 is 2.60 bits per heavy atom. The van der Waals surface area contributed by atoms with Crippen LogP contribution in [0.4, 0.5) is 9.59 Å². The van der Waals surface area contributed by atoms with Crippen LogP contribution in [0.1, 0.15) is 58.8 Å². The number of fused-ring (bicyclic) bond motifs is 3. The predicted octanol–water partition coefficient (Wildman–Crippen LogP) is 5.69. The molecule has 4 heterocycles. The molecular weight excluding hydrogens is 584 g/mol. The van der Waals surface area contributed by atoms with Crippen molar-refractivity contribution >= 4 is 18.3 Å². The molecule has 11 nitrogen and oxygen atoms in total. The quantitative estimate of drug-likeness (QED) is 0.161. The van der Waals surface area contributed by atoms with E-state index >= 15 is 0 Å². The van der Waals surface area contributed by atoms with Crippen LogP contribution in [0, 0.1) is 5.92 Å². The molecule has 0 amide bonds. The molecule has 248 valence electrons. The number of methoxy groups -OCH3 is 2. The van der Waals surface area contributed by atoms with E-state index in [9.17, 15) is 14.4 Å². The summed E-state index contributed by atoms with van der Waals surface area (Å²) in [6.07, 6.45) is 11.0. The fraction of sp³-hybridized carbons (Fsp3) is 0.618. The average Bonchev–Trinajstić information content (AvgIpc) is 3.77. The van der Waals surface area contributed by atoms with E-state index in [0.717, 1.165) is 24.8 Å². The summed E-state index contributed by atoms with van der Waals surface area (Å²) in [4.78, 5) is 37.6. The largest absolute Gasteiger partial charge is 0.508 e. The lowest BCUT2D eigenvalue weighted by Crippen LogP contribution is -2.36. The number of ether oxygens (including phenoxy) is 8. The SMILES string of the molecule is C=C1C[C@H](C)C[C@@H]2CC=C[C@@H](C/C=C\C(=O)O[C@H]([C@H](/C=C/[C@@H]3CC(C)=CCO3)OC(=O)OC)C[C@H]3O[C@H]3[C@@H](OC(=O)OC)C1)O2. The Labute approximate surface area is 265 Å². The van der Waals surface area contributed by atoms with Crippen LogP contribution in [0.2, 0.25) is 0 Å². The number of cyclic esters (lactones) is 1. The zero-order valence-corrected chi connectivity index (χ0v) is 26.6. The monoisotopic (exact) mass is 630 g/mol. The topological polar surface area (TPSA) is 128 Å². The van der Waals surface area contributed by atoms with Gasteiger partial charge in [-0.3, -0.25) is 0 Å². The van der Waals surface area contributed by atoms with Gasteiger partial charge < -0.3 is 37.9 Å². The summed E-state index contributed by atoms with van der Waals surface area (Å²) in [5, 5.41) is 0. The molecule has 0 aromatic heterocycles. The minimum atomic E-state index is -1.01. The van der Waals surface area contributed by atoms with Gasteiger partial charge >= 0.3 is 18.3 Å². The van der Waals surface area contributed by atoms with Crippen molar-refractivity contribution in [3.63, 3.8) is 0 Å². The van der Waals surface area contributed by atoms with Crippen LogP contribution in [0.25, 0.3) is 0 Å². The highest BCUT2D eigenvalue weighted by Crippen LogP contribution is 2.37. The molecule has 4 aliphatic rings. The van der Waals surface area contributed by atoms with Crippen LogP contribution in [-0.4, -0.2) is 87.9 Å². The number of hydrogen-bond donors (Lipinski definition) is 0. The average molecular weight is 631 g/mol. The lowest BCUT2D eigenvalue weighted by Gasteiger charge is -2.28. The maximum absolute atomic E-state index is 13.1. The maximum atomic E-state index is 13.1. The van der Waals surface area contributed by atoms with Gasteiger partial charge in [0, 0.05) is 18.9 Å². The fourth-order valence-corrected chi connectivity index (χ4v) is 5.97. The lowest BCUT2D eigenvalue weighted by atomic mass is 9.90. The van der Waals surface area contributed by atoms with Crippen molar-refractivity contribution in [2.75, 3.05) is 20.8 Å². The highest BCUT2D eigenvalue weighted by Gasteiger charge is 2.49. The van der Waals surface area contributed by atoms with E-state index in [1.54, 1.807) is 18.2 Å². The molecule has 4 aliphatic heterocycles. The van der Waals surface area contributed by atoms with Crippen molar-refractivity contribution in [2.24, 2.45) is 5.92 Å². The molecule has 45 heavy (non-hydrogen) atoms. The second-order valence-electron chi connectivity index (χ2n) is 12.1. The predicted molar refractivity (Wildman–Crippen MR) is 163 cm³/mol. The third-order valence-electron chi connectivity index (χ3n) is 8.21. The van der Waals surface area contributed by atoms with Gasteiger partial charge in [-0.1, -0.05) is 55.0 Å². The van der Waals surface area contributed by atoms with E-state index in [2.05, 4.69) is 19.6 Å². The number of hydrogen-bond acceptors (Lipinski definition) is 11. The second kappa shape index (κ2) is 16.8. The third-order valence-corrected chi connectivity index (χ3v) is 8.21. The zero-order valence-electron chi connectivity index (χ0n) is 26.6. The molecule has 11 heteroatoms.